The number of rotatable bonds is 7. The van der Waals surface area contributed by atoms with Gasteiger partial charge in [-0.05, 0) is 37.3 Å². The maximum Gasteiger partial charge on any atom is 0.246 e. The number of carbonyl (C=O) groups excluding carboxylic acids is 1. The summed E-state index contributed by atoms with van der Waals surface area (Å²) in [6, 6.07) is 13.0. The number of hydrogen-bond donors (Lipinski definition) is 2. The van der Waals surface area contributed by atoms with Crippen molar-refractivity contribution in [3.8, 4) is 5.75 Å². The molecule has 1 fully saturated rings. The van der Waals surface area contributed by atoms with E-state index in [1.807, 2.05) is 18.2 Å². The number of ether oxygens (including phenoxy) is 2. The van der Waals surface area contributed by atoms with Gasteiger partial charge in [-0.3, -0.25) is 4.79 Å². The van der Waals surface area contributed by atoms with Gasteiger partial charge >= 0.3 is 0 Å². The number of hydrogen-bond acceptors (Lipinski definition) is 6. The Morgan fingerprint density at radius 1 is 1.14 bits per heavy atom. The first kappa shape index (κ1) is 21.1. The highest BCUT2D eigenvalue weighted by Gasteiger charge is 2.26. The van der Waals surface area contributed by atoms with Crippen LogP contribution in [0.5, 0.6) is 5.75 Å². The summed E-state index contributed by atoms with van der Waals surface area (Å²) < 4.78 is 37.5. The monoisotopic (exact) mass is 419 g/mol. The van der Waals surface area contributed by atoms with Crippen LogP contribution in [-0.4, -0.2) is 58.1 Å². The van der Waals surface area contributed by atoms with Crippen LogP contribution in [0.15, 0.2) is 53.4 Å². The predicted octanol–water partition coefficient (Wildman–Crippen LogP) is 2.16. The first-order chi connectivity index (χ1) is 13.9. The second-order valence-electron chi connectivity index (χ2n) is 6.60. The van der Waals surface area contributed by atoms with Crippen molar-refractivity contribution >= 4 is 27.3 Å². The average Bonchev–Trinajstić information content (AvgIpc) is 2.75. The number of methoxy groups -OCH3 is 1. The van der Waals surface area contributed by atoms with Crippen molar-refractivity contribution in [3.63, 3.8) is 0 Å². The summed E-state index contributed by atoms with van der Waals surface area (Å²) in [5.74, 6) is 0.336. The maximum atomic E-state index is 12.8. The smallest absolute Gasteiger partial charge is 0.246 e. The third-order valence-corrected chi connectivity index (χ3v) is 6.48. The minimum Gasteiger partial charge on any atom is -0.495 e. The van der Waals surface area contributed by atoms with Crippen LogP contribution in [0.25, 0.3) is 0 Å². The third-order valence-electron chi connectivity index (χ3n) is 4.58. The molecule has 2 aromatic carbocycles. The maximum absolute atomic E-state index is 12.8. The van der Waals surface area contributed by atoms with Crippen LogP contribution in [0.3, 0.4) is 0 Å². The van der Waals surface area contributed by atoms with Gasteiger partial charge in [0, 0.05) is 18.8 Å². The van der Waals surface area contributed by atoms with E-state index >= 15 is 0 Å². The lowest BCUT2D eigenvalue weighted by Gasteiger charge is -2.26. The molecule has 2 aromatic rings. The highest BCUT2D eigenvalue weighted by molar-refractivity contribution is 7.89. The average molecular weight is 420 g/mol. The Kier molecular flexibility index (Phi) is 6.73. The Balaban J connectivity index is 1.70. The molecule has 29 heavy (non-hydrogen) atoms. The minimum absolute atomic E-state index is 0.141. The fourth-order valence-electron chi connectivity index (χ4n) is 2.98. The molecule has 0 unspecified atom stereocenters. The number of anilines is 2. The van der Waals surface area contributed by atoms with Crippen LogP contribution < -0.4 is 15.4 Å². The lowest BCUT2D eigenvalue weighted by molar-refractivity contribution is -0.116. The molecular formula is C20H25N3O5S. The van der Waals surface area contributed by atoms with Crippen molar-refractivity contribution in [2.24, 2.45) is 0 Å². The lowest BCUT2D eigenvalue weighted by Crippen LogP contribution is -2.40. The molecular weight excluding hydrogens is 394 g/mol. The number of para-hydroxylation sites is 2. The van der Waals surface area contributed by atoms with Gasteiger partial charge in [-0.1, -0.05) is 18.2 Å². The Morgan fingerprint density at radius 2 is 1.86 bits per heavy atom. The standard InChI is InChI=1S/C20H25N3O5S/c1-15(21-18-8-3-4-9-19(18)27-2)20(24)22-16-6-5-7-17(14-16)29(25,26)23-10-12-28-13-11-23/h3-9,14-15,21H,10-13H2,1-2H3,(H,22,24)/t15-/m1/s1. The van der Waals surface area contributed by atoms with Gasteiger partial charge in [0.25, 0.3) is 0 Å². The molecule has 8 nitrogen and oxygen atoms in total. The molecule has 1 amide bonds. The van der Waals surface area contributed by atoms with E-state index in [1.165, 1.54) is 16.4 Å². The van der Waals surface area contributed by atoms with E-state index in [4.69, 9.17) is 9.47 Å². The van der Waals surface area contributed by atoms with Crippen molar-refractivity contribution in [1.29, 1.82) is 0 Å². The van der Waals surface area contributed by atoms with Gasteiger partial charge < -0.3 is 20.1 Å². The summed E-state index contributed by atoms with van der Waals surface area (Å²) in [5.41, 5.74) is 1.11. The van der Waals surface area contributed by atoms with E-state index in [-0.39, 0.29) is 10.8 Å². The Labute approximate surface area is 170 Å². The summed E-state index contributed by atoms with van der Waals surface area (Å²) in [6.07, 6.45) is 0. The Hall–Kier alpha value is -2.62. The molecule has 0 saturated carbocycles. The number of nitrogens with zero attached hydrogens (tertiary/aromatic N) is 1. The fraction of sp³-hybridized carbons (Fsp3) is 0.350. The molecule has 0 aliphatic carbocycles. The third kappa shape index (κ3) is 5.06. The zero-order valence-electron chi connectivity index (χ0n) is 16.4. The summed E-state index contributed by atoms with van der Waals surface area (Å²) in [4.78, 5) is 12.7. The van der Waals surface area contributed by atoms with E-state index in [2.05, 4.69) is 10.6 Å². The number of benzene rings is 2. The lowest BCUT2D eigenvalue weighted by atomic mass is 10.2. The van der Waals surface area contributed by atoms with Gasteiger partial charge in [0.15, 0.2) is 0 Å². The number of sulfonamides is 1. The van der Waals surface area contributed by atoms with E-state index in [1.54, 1.807) is 32.2 Å². The summed E-state index contributed by atoms with van der Waals surface area (Å²) >= 11 is 0. The van der Waals surface area contributed by atoms with Gasteiger partial charge in [-0.15, -0.1) is 0 Å². The Morgan fingerprint density at radius 3 is 2.59 bits per heavy atom. The molecule has 0 bridgehead atoms. The number of carbonyl (C=O) groups is 1. The van der Waals surface area contributed by atoms with Gasteiger partial charge in [0.05, 0.1) is 30.9 Å². The van der Waals surface area contributed by atoms with Crippen LogP contribution >= 0.6 is 0 Å². The molecule has 1 aliphatic rings. The molecule has 3 rings (SSSR count). The molecule has 1 atom stereocenters. The van der Waals surface area contributed by atoms with E-state index in [9.17, 15) is 13.2 Å². The first-order valence-corrected chi connectivity index (χ1v) is 10.7. The van der Waals surface area contributed by atoms with Crippen LogP contribution in [0.2, 0.25) is 0 Å². The molecule has 9 heteroatoms. The fourth-order valence-corrected chi connectivity index (χ4v) is 4.44. The van der Waals surface area contributed by atoms with E-state index in [0.29, 0.717) is 43.4 Å². The molecule has 0 radical (unpaired) electrons. The first-order valence-electron chi connectivity index (χ1n) is 9.30. The van der Waals surface area contributed by atoms with E-state index in [0.717, 1.165) is 0 Å². The molecule has 1 saturated heterocycles. The normalized spacial score (nSPS) is 16.1. The van der Waals surface area contributed by atoms with Gasteiger partial charge in [-0.25, -0.2) is 8.42 Å². The SMILES string of the molecule is COc1ccccc1N[C@H](C)C(=O)Nc1cccc(S(=O)(=O)N2CCOCC2)c1. The zero-order chi connectivity index (χ0) is 20.9. The van der Waals surface area contributed by atoms with Crippen molar-refractivity contribution in [3.05, 3.63) is 48.5 Å². The summed E-state index contributed by atoms with van der Waals surface area (Å²) in [5, 5.41) is 5.87. The number of amides is 1. The molecule has 0 spiro atoms. The van der Waals surface area contributed by atoms with Crippen LogP contribution in [0.1, 0.15) is 6.92 Å². The van der Waals surface area contributed by atoms with Crippen molar-refractivity contribution in [1.82, 2.24) is 4.31 Å². The molecule has 156 valence electrons. The van der Waals surface area contributed by atoms with Crippen LogP contribution in [0, 0.1) is 0 Å². The second-order valence-corrected chi connectivity index (χ2v) is 8.54. The minimum atomic E-state index is -3.63. The highest BCUT2D eigenvalue weighted by Crippen LogP contribution is 2.24. The van der Waals surface area contributed by atoms with Crippen LogP contribution in [0.4, 0.5) is 11.4 Å². The van der Waals surface area contributed by atoms with Crippen molar-refractivity contribution in [2.45, 2.75) is 17.9 Å². The van der Waals surface area contributed by atoms with Crippen LogP contribution in [-0.2, 0) is 19.6 Å². The van der Waals surface area contributed by atoms with Gasteiger partial charge in [0.1, 0.15) is 11.8 Å². The molecule has 1 heterocycles. The second kappa shape index (κ2) is 9.25. The predicted molar refractivity (Wildman–Crippen MR) is 111 cm³/mol. The topological polar surface area (TPSA) is 97.0 Å². The quantitative estimate of drug-likeness (QED) is 0.714. The number of morpholine rings is 1. The summed E-state index contributed by atoms with van der Waals surface area (Å²) in [6.45, 7) is 3.11. The van der Waals surface area contributed by atoms with Gasteiger partial charge in [0.2, 0.25) is 15.9 Å². The summed E-state index contributed by atoms with van der Waals surface area (Å²) in [7, 11) is -2.07. The van der Waals surface area contributed by atoms with Gasteiger partial charge in [-0.2, -0.15) is 4.31 Å². The molecule has 1 aliphatic heterocycles. The zero-order valence-corrected chi connectivity index (χ0v) is 17.2. The largest absolute Gasteiger partial charge is 0.495 e. The Bertz CT molecular complexity index is 958. The molecule has 0 aromatic heterocycles. The van der Waals surface area contributed by atoms with Crippen molar-refractivity contribution in [2.75, 3.05) is 44.0 Å². The van der Waals surface area contributed by atoms with Crippen molar-refractivity contribution < 1.29 is 22.7 Å². The molecule has 2 N–H and O–H groups in total. The highest BCUT2D eigenvalue weighted by atomic mass is 32.2. The van der Waals surface area contributed by atoms with E-state index < -0.39 is 16.1 Å². The number of nitrogens with one attached hydrogen (secondary N) is 2.